The van der Waals surface area contributed by atoms with Crippen LogP contribution in [0.15, 0.2) is 16.6 Å². The SMILES string of the molecule is COc1c(Br)cc(C(C)(C)CC(=O)O)cc1OC1CCCC1. The third kappa shape index (κ3) is 3.94. The van der Waals surface area contributed by atoms with E-state index in [-0.39, 0.29) is 12.5 Å². The van der Waals surface area contributed by atoms with Crippen LogP contribution in [-0.4, -0.2) is 24.3 Å². The van der Waals surface area contributed by atoms with E-state index in [4.69, 9.17) is 14.6 Å². The van der Waals surface area contributed by atoms with Gasteiger partial charge in [-0.2, -0.15) is 0 Å². The number of carbonyl (C=O) groups is 1. The van der Waals surface area contributed by atoms with Gasteiger partial charge in [0.15, 0.2) is 11.5 Å². The maximum Gasteiger partial charge on any atom is 0.304 e. The van der Waals surface area contributed by atoms with Crippen LogP contribution in [0.3, 0.4) is 0 Å². The Morgan fingerprint density at radius 3 is 2.55 bits per heavy atom. The molecule has 1 aromatic rings. The highest BCUT2D eigenvalue weighted by molar-refractivity contribution is 9.10. The first-order valence-corrected chi connectivity index (χ1v) is 8.39. The molecule has 1 N–H and O–H groups in total. The number of hydrogen-bond donors (Lipinski definition) is 1. The molecule has 0 atom stereocenters. The second-order valence-corrected chi connectivity index (χ2v) is 7.32. The van der Waals surface area contributed by atoms with Gasteiger partial charge in [-0.15, -0.1) is 0 Å². The molecule has 0 amide bonds. The highest BCUT2D eigenvalue weighted by Gasteiger charge is 2.28. The van der Waals surface area contributed by atoms with E-state index in [1.807, 2.05) is 26.0 Å². The Morgan fingerprint density at radius 1 is 1.36 bits per heavy atom. The largest absolute Gasteiger partial charge is 0.492 e. The molecule has 1 aliphatic carbocycles. The van der Waals surface area contributed by atoms with Gasteiger partial charge in [-0.3, -0.25) is 4.79 Å². The summed E-state index contributed by atoms with van der Waals surface area (Å²) in [4.78, 5) is 11.1. The third-order valence-electron chi connectivity index (χ3n) is 4.18. The number of aliphatic carboxylic acids is 1. The van der Waals surface area contributed by atoms with Gasteiger partial charge >= 0.3 is 5.97 Å². The summed E-state index contributed by atoms with van der Waals surface area (Å²) >= 11 is 3.51. The predicted molar refractivity (Wildman–Crippen MR) is 88.9 cm³/mol. The quantitative estimate of drug-likeness (QED) is 0.798. The number of halogens is 1. The fraction of sp³-hybridized carbons (Fsp3) is 0.588. The van der Waals surface area contributed by atoms with Crippen LogP contribution < -0.4 is 9.47 Å². The zero-order valence-electron chi connectivity index (χ0n) is 13.3. The van der Waals surface area contributed by atoms with Crippen LogP contribution in [-0.2, 0) is 10.2 Å². The third-order valence-corrected chi connectivity index (χ3v) is 4.77. The van der Waals surface area contributed by atoms with Crippen LogP contribution >= 0.6 is 15.9 Å². The van der Waals surface area contributed by atoms with Crippen molar-refractivity contribution < 1.29 is 19.4 Å². The van der Waals surface area contributed by atoms with Crippen LogP contribution in [0.5, 0.6) is 11.5 Å². The number of hydrogen-bond acceptors (Lipinski definition) is 3. The van der Waals surface area contributed by atoms with Gasteiger partial charge in [0.25, 0.3) is 0 Å². The molecule has 122 valence electrons. The van der Waals surface area contributed by atoms with Gasteiger partial charge in [0.05, 0.1) is 24.1 Å². The first-order valence-electron chi connectivity index (χ1n) is 7.60. The van der Waals surface area contributed by atoms with E-state index in [1.165, 1.54) is 12.8 Å². The van der Waals surface area contributed by atoms with Crippen molar-refractivity contribution in [3.05, 3.63) is 22.2 Å². The highest BCUT2D eigenvalue weighted by atomic mass is 79.9. The zero-order valence-corrected chi connectivity index (χ0v) is 14.9. The molecule has 1 saturated carbocycles. The lowest BCUT2D eigenvalue weighted by Crippen LogP contribution is -2.22. The molecule has 1 aliphatic rings. The number of methoxy groups -OCH3 is 1. The van der Waals surface area contributed by atoms with Crippen molar-refractivity contribution in [2.24, 2.45) is 0 Å². The van der Waals surface area contributed by atoms with Crippen molar-refractivity contribution in [2.75, 3.05) is 7.11 Å². The smallest absolute Gasteiger partial charge is 0.304 e. The van der Waals surface area contributed by atoms with Crippen molar-refractivity contribution >= 4 is 21.9 Å². The summed E-state index contributed by atoms with van der Waals surface area (Å²) in [5.74, 6) is 0.550. The van der Waals surface area contributed by atoms with E-state index < -0.39 is 11.4 Å². The molecule has 4 nitrogen and oxygen atoms in total. The molecule has 0 spiro atoms. The monoisotopic (exact) mass is 370 g/mol. The lowest BCUT2D eigenvalue weighted by atomic mass is 9.81. The van der Waals surface area contributed by atoms with E-state index in [1.54, 1.807) is 7.11 Å². The predicted octanol–water partition coefficient (Wildman–Crippen LogP) is 4.53. The topological polar surface area (TPSA) is 55.8 Å². The average molecular weight is 371 g/mol. The maximum absolute atomic E-state index is 11.1. The van der Waals surface area contributed by atoms with Crippen molar-refractivity contribution in [3.8, 4) is 11.5 Å². The van der Waals surface area contributed by atoms with Crippen molar-refractivity contribution in [2.45, 2.75) is 57.5 Å². The summed E-state index contributed by atoms with van der Waals surface area (Å²) in [6, 6.07) is 3.84. The van der Waals surface area contributed by atoms with Crippen molar-refractivity contribution in [1.82, 2.24) is 0 Å². The molecular formula is C17H23BrO4. The van der Waals surface area contributed by atoms with Crippen LogP contribution in [0.25, 0.3) is 0 Å². The minimum Gasteiger partial charge on any atom is -0.492 e. The lowest BCUT2D eigenvalue weighted by molar-refractivity contribution is -0.138. The number of ether oxygens (including phenoxy) is 2. The molecule has 0 unspecified atom stereocenters. The Bertz CT molecular complexity index is 548. The molecule has 0 bridgehead atoms. The number of carboxylic acids is 1. The summed E-state index contributed by atoms with van der Waals surface area (Å²) in [5.41, 5.74) is 0.449. The van der Waals surface area contributed by atoms with Crippen LogP contribution in [0.2, 0.25) is 0 Å². The summed E-state index contributed by atoms with van der Waals surface area (Å²) in [5, 5.41) is 9.11. The Kier molecular flexibility index (Phi) is 5.37. The van der Waals surface area contributed by atoms with Gasteiger partial charge in [0.2, 0.25) is 0 Å². The highest BCUT2D eigenvalue weighted by Crippen LogP contribution is 2.42. The second kappa shape index (κ2) is 6.90. The van der Waals surface area contributed by atoms with Crippen molar-refractivity contribution in [1.29, 1.82) is 0 Å². The molecule has 0 aromatic heterocycles. The number of carboxylic acid groups (broad SMARTS) is 1. The molecule has 0 saturated heterocycles. The van der Waals surface area contributed by atoms with Crippen LogP contribution in [0.4, 0.5) is 0 Å². The van der Waals surface area contributed by atoms with Gasteiger partial charge in [-0.25, -0.2) is 0 Å². The maximum atomic E-state index is 11.1. The minimum absolute atomic E-state index is 0.0641. The van der Waals surface area contributed by atoms with Gasteiger partial charge in [-0.1, -0.05) is 13.8 Å². The van der Waals surface area contributed by atoms with E-state index in [0.29, 0.717) is 11.5 Å². The van der Waals surface area contributed by atoms with E-state index in [2.05, 4.69) is 15.9 Å². The first-order chi connectivity index (χ1) is 10.3. The number of benzene rings is 1. The zero-order chi connectivity index (χ0) is 16.3. The summed E-state index contributed by atoms with van der Waals surface area (Å²) in [6.07, 6.45) is 4.79. The molecule has 0 heterocycles. The average Bonchev–Trinajstić information content (AvgIpc) is 2.89. The fourth-order valence-corrected chi connectivity index (χ4v) is 3.51. The molecule has 0 aliphatic heterocycles. The van der Waals surface area contributed by atoms with Crippen molar-refractivity contribution in [3.63, 3.8) is 0 Å². The molecule has 0 radical (unpaired) electrons. The van der Waals surface area contributed by atoms with E-state index in [9.17, 15) is 4.79 Å². The van der Waals surface area contributed by atoms with Crippen LogP contribution in [0, 0.1) is 0 Å². The van der Waals surface area contributed by atoms with E-state index in [0.717, 1.165) is 22.9 Å². The van der Waals surface area contributed by atoms with Gasteiger partial charge < -0.3 is 14.6 Å². The summed E-state index contributed by atoms with van der Waals surface area (Å²) < 4.78 is 12.4. The summed E-state index contributed by atoms with van der Waals surface area (Å²) in [6.45, 7) is 3.85. The molecule has 1 aromatic carbocycles. The van der Waals surface area contributed by atoms with Gasteiger partial charge in [-0.05, 0) is 59.3 Å². The molecular weight excluding hydrogens is 348 g/mol. The fourth-order valence-electron chi connectivity index (χ4n) is 2.91. The molecule has 2 rings (SSSR count). The molecule has 22 heavy (non-hydrogen) atoms. The van der Waals surface area contributed by atoms with Gasteiger partial charge in [0.1, 0.15) is 0 Å². The van der Waals surface area contributed by atoms with E-state index >= 15 is 0 Å². The Hall–Kier alpha value is -1.23. The Morgan fingerprint density at radius 2 is 2.00 bits per heavy atom. The minimum atomic E-state index is -0.810. The normalized spacial score (nSPS) is 15.8. The van der Waals surface area contributed by atoms with Crippen LogP contribution in [0.1, 0.15) is 51.5 Å². The van der Waals surface area contributed by atoms with Gasteiger partial charge in [0, 0.05) is 5.41 Å². The first kappa shape index (κ1) is 17.1. The molecule has 1 fully saturated rings. The summed E-state index contributed by atoms with van der Waals surface area (Å²) in [7, 11) is 1.61. The standard InChI is InChI=1S/C17H23BrO4/c1-17(2,10-15(19)20)11-8-13(18)16(21-3)14(9-11)22-12-6-4-5-7-12/h8-9,12H,4-7,10H2,1-3H3,(H,19,20). The molecule has 5 heteroatoms. The number of rotatable bonds is 6. The second-order valence-electron chi connectivity index (χ2n) is 6.47. The Labute approximate surface area is 139 Å². The lowest BCUT2D eigenvalue weighted by Gasteiger charge is -2.26. The Balaban J connectivity index is 2.35.